The molecule has 0 saturated carbocycles. The summed E-state index contributed by atoms with van der Waals surface area (Å²) in [6.45, 7) is 0. The van der Waals surface area contributed by atoms with Crippen molar-refractivity contribution >= 4 is 29.5 Å². The van der Waals surface area contributed by atoms with Gasteiger partial charge in [-0.05, 0) is 60.2 Å². The molecule has 3 aromatic carbocycles. The van der Waals surface area contributed by atoms with Gasteiger partial charge in [-0.3, -0.25) is 14.9 Å². The summed E-state index contributed by atoms with van der Waals surface area (Å²) in [5.41, 5.74) is 2.00. The van der Waals surface area contributed by atoms with E-state index >= 15 is 0 Å². The van der Waals surface area contributed by atoms with Crippen LogP contribution in [0.4, 0.5) is 5.69 Å². The van der Waals surface area contributed by atoms with Crippen LogP contribution < -0.4 is 19.7 Å². The molecule has 160 valence electrons. The lowest BCUT2D eigenvalue weighted by atomic mass is 10.2. The minimum absolute atomic E-state index is 0.133. The predicted octanol–water partition coefficient (Wildman–Crippen LogP) is 3.88. The van der Waals surface area contributed by atoms with Crippen LogP contribution in [0.15, 0.2) is 89.6 Å². The fourth-order valence-electron chi connectivity index (χ4n) is 3.19. The fraction of sp³-hybridized carbons (Fsp3) is 0.0800. The number of carbonyl (C=O) groups excluding carboxylic acids is 2. The first-order valence-corrected chi connectivity index (χ1v) is 9.88. The molecule has 0 aliphatic carbocycles. The van der Waals surface area contributed by atoms with Crippen LogP contribution in [0, 0.1) is 0 Å². The Bertz CT molecular complexity index is 1180. The van der Waals surface area contributed by atoms with Gasteiger partial charge in [0.25, 0.3) is 11.8 Å². The first kappa shape index (κ1) is 20.9. The SMILES string of the molecule is COc1ccc(/C=C2\N=C(NC(=O)c3ccccc3)N(c3ccc(OC)cc3)C2=O)cc1. The van der Waals surface area contributed by atoms with Crippen molar-refractivity contribution in [3.8, 4) is 11.5 Å². The van der Waals surface area contributed by atoms with Crippen LogP contribution in [0.3, 0.4) is 0 Å². The molecule has 0 spiro atoms. The minimum Gasteiger partial charge on any atom is -0.497 e. The molecule has 2 amide bonds. The Labute approximate surface area is 185 Å². The highest BCUT2D eigenvalue weighted by Gasteiger charge is 2.33. The zero-order valence-electron chi connectivity index (χ0n) is 17.6. The van der Waals surface area contributed by atoms with Gasteiger partial charge in [-0.1, -0.05) is 30.3 Å². The third-order valence-electron chi connectivity index (χ3n) is 4.87. The number of anilines is 1. The quantitative estimate of drug-likeness (QED) is 0.627. The molecule has 0 unspecified atom stereocenters. The minimum atomic E-state index is -0.360. The highest BCUT2D eigenvalue weighted by Crippen LogP contribution is 2.26. The van der Waals surface area contributed by atoms with E-state index in [-0.39, 0.29) is 23.5 Å². The van der Waals surface area contributed by atoms with Crippen LogP contribution in [0.1, 0.15) is 15.9 Å². The molecule has 1 N–H and O–H groups in total. The second-order valence-electron chi connectivity index (χ2n) is 6.90. The Kier molecular flexibility index (Phi) is 5.98. The number of hydrogen-bond acceptors (Lipinski definition) is 5. The number of rotatable bonds is 5. The molecule has 1 aliphatic rings. The Morgan fingerprint density at radius 1 is 0.875 bits per heavy atom. The van der Waals surface area contributed by atoms with Crippen LogP contribution in [-0.4, -0.2) is 32.0 Å². The zero-order chi connectivity index (χ0) is 22.5. The number of nitrogens with one attached hydrogen (secondary N) is 1. The van der Waals surface area contributed by atoms with Gasteiger partial charge in [-0.25, -0.2) is 9.89 Å². The maximum Gasteiger partial charge on any atom is 0.283 e. The van der Waals surface area contributed by atoms with Crippen molar-refractivity contribution in [3.05, 3.63) is 95.7 Å². The molecule has 7 nitrogen and oxygen atoms in total. The topological polar surface area (TPSA) is 80.2 Å². The van der Waals surface area contributed by atoms with Crippen molar-refractivity contribution in [1.82, 2.24) is 5.32 Å². The summed E-state index contributed by atoms with van der Waals surface area (Å²) in [7, 11) is 3.16. The number of guanidine groups is 1. The van der Waals surface area contributed by atoms with Crippen molar-refractivity contribution in [1.29, 1.82) is 0 Å². The van der Waals surface area contributed by atoms with Crippen LogP contribution >= 0.6 is 0 Å². The van der Waals surface area contributed by atoms with Gasteiger partial charge >= 0.3 is 0 Å². The Balaban J connectivity index is 1.69. The summed E-state index contributed by atoms with van der Waals surface area (Å²) < 4.78 is 10.4. The second-order valence-corrected chi connectivity index (χ2v) is 6.90. The number of ether oxygens (including phenoxy) is 2. The Hall–Kier alpha value is -4.39. The predicted molar refractivity (Wildman–Crippen MR) is 123 cm³/mol. The third kappa shape index (κ3) is 4.37. The van der Waals surface area contributed by atoms with E-state index in [4.69, 9.17) is 9.47 Å². The summed E-state index contributed by atoms with van der Waals surface area (Å²) in [5, 5.41) is 2.76. The van der Waals surface area contributed by atoms with Crippen LogP contribution in [0.25, 0.3) is 6.08 Å². The van der Waals surface area contributed by atoms with Crippen molar-refractivity contribution in [2.45, 2.75) is 0 Å². The largest absolute Gasteiger partial charge is 0.497 e. The molecule has 7 heteroatoms. The molecule has 0 fully saturated rings. The number of carbonyl (C=O) groups is 2. The average molecular weight is 427 g/mol. The van der Waals surface area contributed by atoms with Gasteiger partial charge in [0.05, 0.1) is 19.9 Å². The number of benzene rings is 3. The van der Waals surface area contributed by atoms with Gasteiger partial charge in [0.1, 0.15) is 17.2 Å². The lowest BCUT2D eigenvalue weighted by Gasteiger charge is -2.19. The highest BCUT2D eigenvalue weighted by atomic mass is 16.5. The van der Waals surface area contributed by atoms with Crippen LogP contribution in [0.5, 0.6) is 11.5 Å². The molecule has 1 aliphatic heterocycles. The molecule has 3 aromatic rings. The van der Waals surface area contributed by atoms with E-state index in [1.54, 1.807) is 81.0 Å². The van der Waals surface area contributed by atoms with E-state index in [1.165, 1.54) is 4.90 Å². The number of nitrogens with zero attached hydrogens (tertiary/aromatic N) is 2. The van der Waals surface area contributed by atoms with Gasteiger partial charge in [0.15, 0.2) is 0 Å². The molecule has 0 radical (unpaired) electrons. The molecule has 1 heterocycles. The van der Waals surface area contributed by atoms with E-state index in [0.717, 1.165) is 5.56 Å². The van der Waals surface area contributed by atoms with Crippen molar-refractivity contribution in [3.63, 3.8) is 0 Å². The maximum atomic E-state index is 13.3. The molecular weight excluding hydrogens is 406 g/mol. The van der Waals surface area contributed by atoms with Crippen LogP contribution in [-0.2, 0) is 4.79 Å². The summed E-state index contributed by atoms with van der Waals surface area (Å²) in [6.07, 6.45) is 1.67. The van der Waals surface area contributed by atoms with Gasteiger partial charge in [0.2, 0.25) is 5.96 Å². The van der Waals surface area contributed by atoms with Gasteiger partial charge in [0, 0.05) is 5.56 Å². The summed E-state index contributed by atoms with van der Waals surface area (Å²) >= 11 is 0. The lowest BCUT2D eigenvalue weighted by Crippen LogP contribution is -2.43. The highest BCUT2D eigenvalue weighted by molar-refractivity contribution is 6.30. The zero-order valence-corrected chi connectivity index (χ0v) is 17.6. The normalized spacial score (nSPS) is 14.3. The molecule has 0 aromatic heterocycles. The average Bonchev–Trinajstić information content (AvgIpc) is 3.14. The van der Waals surface area contributed by atoms with Gasteiger partial charge in [-0.2, -0.15) is 0 Å². The molecule has 0 bridgehead atoms. The van der Waals surface area contributed by atoms with E-state index < -0.39 is 0 Å². The first-order valence-electron chi connectivity index (χ1n) is 9.88. The van der Waals surface area contributed by atoms with Crippen molar-refractivity contribution in [2.75, 3.05) is 19.1 Å². The summed E-state index contributed by atoms with van der Waals surface area (Å²) in [6, 6.07) is 23.0. The van der Waals surface area contributed by atoms with E-state index in [2.05, 4.69) is 10.3 Å². The molecule has 0 saturated heterocycles. The number of amides is 2. The monoisotopic (exact) mass is 427 g/mol. The first-order chi connectivity index (χ1) is 15.6. The third-order valence-corrected chi connectivity index (χ3v) is 4.87. The molecular formula is C25H21N3O4. The van der Waals surface area contributed by atoms with Crippen LogP contribution in [0.2, 0.25) is 0 Å². The summed E-state index contributed by atoms with van der Waals surface area (Å²) in [4.78, 5) is 31.8. The molecule has 32 heavy (non-hydrogen) atoms. The molecule has 4 rings (SSSR count). The van der Waals surface area contributed by atoms with E-state index in [0.29, 0.717) is 22.7 Å². The van der Waals surface area contributed by atoms with Gasteiger partial charge in [-0.15, -0.1) is 0 Å². The van der Waals surface area contributed by atoms with Crippen molar-refractivity contribution in [2.24, 2.45) is 4.99 Å². The van der Waals surface area contributed by atoms with E-state index in [9.17, 15) is 9.59 Å². The Morgan fingerprint density at radius 2 is 1.47 bits per heavy atom. The van der Waals surface area contributed by atoms with E-state index in [1.807, 2.05) is 18.2 Å². The lowest BCUT2D eigenvalue weighted by molar-refractivity contribution is -0.113. The second kappa shape index (κ2) is 9.18. The number of methoxy groups -OCH3 is 2. The smallest absolute Gasteiger partial charge is 0.283 e. The molecule has 0 atom stereocenters. The standard InChI is InChI=1S/C25H21N3O4/c1-31-20-12-8-17(9-13-20)16-22-24(30)28(19-10-14-21(32-2)15-11-19)25(26-22)27-23(29)18-6-4-3-5-7-18/h3-16H,1-2H3,(H,26,27,29)/b22-16-. The Morgan fingerprint density at radius 3 is 2.06 bits per heavy atom. The van der Waals surface area contributed by atoms with Gasteiger partial charge < -0.3 is 9.47 Å². The number of aliphatic imine (C=N–C) groups is 1. The van der Waals surface area contributed by atoms with Crippen molar-refractivity contribution < 1.29 is 19.1 Å². The maximum absolute atomic E-state index is 13.3. The summed E-state index contributed by atoms with van der Waals surface area (Å²) in [5.74, 6) is 0.787. The number of hydrogen-bond donors (Lipinski definition) is 1. The fourth-order valence-corrected chi connectivity index (χ4v) is 3.19.